The lowest BCUT2D eigenvalue weighted by Gasteiger charge is -2.09. The summed E-state index contributed by atoms with van der Waals surface area (Å²) < 4.78 is 0. The van der Waals surface area contributed by atoms with Crippen molar-refractivity contribution in [1.82, 2.24) is 4.98 Å². The molecule has 3 N–H and O–H groups in total. The van der Waals surface area contributed by atoms with Gasteiger partial charge in [-0.1, -0.05) is 24.3 Å². The van der Waals surface area contributed by atoms with Crippen LogP contribution in [0.15, 0.2) is 72.8 Å². The van der Waals surface area contributed by atoms with Crippen LogP contribution in [0.25, 0.3) is 0 Å². The van der Waals surface area contributed by atoms with Crippen LogP contribution in [0.5, 0.6) is 0 Å². The number of amides is 3. The average molecular weight is 346 g/mol. The maximum Gasteiger partial charge on any atom is 0.323 e. The first kappa shape index (κ1) is 17.2. The Labute approximate surface area is 151 Å². The number of anilines is 3. The highest BCUT2D eigenvalue weighted by atomic mass is 16.2. The Bertz CT molecular complexity index is 909. The summed E-state index contributed by atoms with van der Waals surface area (Å²) in [5.74, 6) is 0.239. The Morgan fingerprint density at radius 2 is 1.38 bits per heavy atom. The highest BCUT2D eigenvalue weighted by Crippen LogP contribution is 2.13. The molecule has 0 spiro atoms. The lowest BCUT2D eigenvalue weighted by Crippen LogP contribution is -2.19. The van der Waals surface area contributed by atoms with Crippen molar-refractivity contribution >= 4 is 29.1 Å². The molecule has 0 fully saturated rings. The molecule has 1 heterocycles. The van der Waals surface area contributed by atoms with Crippen LogP contribution in [0.2, 0.25) is 0 Å². The zero-order chi connectivity index (χ0) is 18.4. The first-order valence-corrected chi connectivity index (χ1v) is 8.08. The van der Waals surface area contributed by atoms with Crippen molar-refractivity contribution in [2.75, 3.05) is 16.0 Å². The summed E-state index contributed by atoms with van der Waals surface area (Å²) in [7, 11) is 0. The summed E-state index contributed by atoms with van der Waals surface area (Å²) in [5, 5.41) is 8.19. The minimum absolute atomic E-state index is 0.261. The van der Waals surface area contributed by atoms with Gasteiger partial charge in [-0.05, 0) is 55.5 Å². The molecule has 0 atom stereocenters. The van der Waals surface area contributed by atoms with E-state index in [0.717, 1.165) is 5.69 Å². The standard InChI is InChI=1S/C20H18N4O2/c1-14-6-5-9-18(21-14)24-19(25)15-10-12-17(13-11-15)23-20(26)22-16-7-3-2-4-8-16/h2-13H,1H3,(H,21,24,25)(H2,22,23,26). The molecule has 3 aromatic rings. The highest BCUT2D eigenvalue weighted by molar-refractivity contribution is 6.04. The molecule has 2 aromatic carbocycles. The molecule has 3 amide bonds. The molecule has 130 valence electrons. The molecule has 0 aliphatic carbocycles. The van der Waals surface area contributed by atoms with Gasteiger partial charge in [0.15, 0.2) is 0 Å². The van der Waals surface area contributed by atoms with Crippen molar-refractivity contribution in [3.63, 3.8) is 0 Å². The molecule has 0 unspecified atom stereocenters. The monoisotopic (exact) mass is 346 g/mol. The number of nitrogens with one attached hydrogen (secondary N) is 3. The topological polar surface area (TPSA) is 83.1 Å². The van der Waals surface area contributed by atoms with Gasteiger partial charge < -0.3 is 16.0 Å². The van der Waals surface area contributed by atoms with E-state index in [1.165, 1.54) is 0 Å². The molecule has 26 heavy (non-hydrogen) atoms. The number of hydrogen-bond donors (Lipinski definition) is 3. The molecule has 0 saturated heterocycles. The second-order valence-electron chi connectivity index (χ2n) is 5.64. The summed E-state index contributed by atoms with van der Waals surface area (Å²) in [6, 6.07) is 20.8. The van der Waals surface area contributed by atoms with Gasteiger partial charge in [-0.25, -0.2) is 9.78 Å². The number of para-hydroxylation sites is 1. The number of urea groups is 1. The van der Waals surface area contributed by atoms with E-state index in [4.69, 9.17) is 0 Å². The Balaban J connectivity index is 1.59. The van der Waals surface area contributed by atoms with Crippen LogP contribution in [0.1, 0.15) is 16.1 Å². The minimum Gasteiger partial charge on any atom is -0.308 e. The van der Waals surface area contributed by atoms with Crippen molar-refractivity contribution in [3.05, 3.63) is 84.1 Å². The molecule has 6 nitrogen and oxygen atoms in total. The van der Waals surface area contributed by atoms with E-state index in [2.05, 4.69) is 20.9 Å². The minimum atomic E-state index is -0.350. The van der Waals surface area contributed by atoms with E-state index in [-0.39, 0.29) is 11.9 Å². The second kappa shape index (κ2) is 7.94. The fourth-order valence-electron chi connectivity index (χ4n) is 2.32. The number of benzene rings is 2. The molecule has 0 aliphatic rings. The molecule has 0 saturated carbocycles. The number of pyridine rings is 1. The normalized spacial score (nSPS) is 10.0. The third kappa shape index (κ3) is 4.67. The molecule has 0 bridgehead atoms. The third-order valence-corrected chi connectivity index (χ3v) is 3.57. The summed E-state index contributed by atoms with van der Waals surface area (Å²) in [5.41, 5.74) is 2.59. The summed E-state index contributed by atoms with van der Waals surface area (Å²) in [6.45, 7) is 1.86. The SMILES string of the molecule is Cc1cccc(NC(=O)c2ccc(NC(=O)Nc3ccccc3)cc2)n1. The van der Waals surface area contributed by atoms with Gasteiger partial charge in [0.25, 0.3) is 5.91 Å². The van der Waals surface area contributed by atoms with Crippen molar-refractivity contribution in [2.45, 2.75) is 6.92 Å². The van der Waals surface area contributed by atoms with Crippen LogP contribution in [-0.4, -0.2) is 16.9 Å². The number of hydrogen-bond acceptors (Lipinski definition) is 3. The predicted molar refractivity (Wildman–Crippen MR) is 102 cm³/mol. The van der Waals surface area contributed by atoms with Gasteiger partial charge in [-0.3, -0.25) is 4.79 Å². The van der Waals surface area contributed by atoms with E-state index in [1.807, 2.05) is 37.3 Å². The third-order valence-electron chi connectivity index (χ3n) is 3.57. The molecular formula is C20H18N4O2. The number of aromatic nitrogens is 1. The smallest absolute Gasteiger partial charge is 0.308 e. The van der Waals surface area contributed by atoms with Crippen LogP contribution in [0.4, 0.5) is 22.0 Å². The quantitative estimate of drug-likeness (QED) is 0.659. The Kier molecular flexibility index (Phi) is 5.24. The lowest BCUT2D eigenvalue weighted by molar-refractivity contribution is 0.102. The number of carbonyl (C=O) groups is 2. The van der Waals surface area contributed by atoms with Crippen LogP contribution >= 0.6 is 0 Å². The van der Waals surface area contributed by atoms with E-state index < -0.39 is 0 Å². The highest BCUT2D eigenvalue weighted by Gasteiger charge is 2.08. The molecule has 0 radical (unpaired) electrons. The number of carbonyl (C=O) groups excluding carboxylic acids is 2. The zero-order valence-electron chi connectivity index (χ0n) is 14.2. The van der Waals surface area contributed by atoms with E-state index in [9.17, 15) is 9.59 Å². The van der Waals surface area contributed by atoms with Gasteiger partial charge in [0.05, 0.1) is 0 Å². The van der Waals surface area contributed by atoms with Gasteiger partial charge in [-0.15, -0.1) is 0 Å². The molecule has 1 aromatic heterocycles. The van der Waals surface area contributed by atoms with Crippen molar-refractivity contribution in [2.24, 2.45) is 0 Å². The fourth-order valence-corrected chi connectivity index (χ4v) is 2.32. The summed E-state index contributed by atoms with van der Waals surface area (Å²) >= 11 is 0. The van der Waals surface area contributed by atoms with Gasteiger partial charge >= 0.3 is 6.03 Å². The van der Waals surface area contributed by atoms with Gasteiger partial charge in [0, 0.05) is 22.6 Å². The Morgan fingerprint density at radius 1 is 0.731 bits per heavy atom. The largest absolute Gasteiger partial charge is 0.323 e. The first-order valence-electron chi connectivity index (χ1n) is 8.08. The average Bonchev–Trinajstić information content (AvgIpc) is 2.63. The number of nitrogens with zero attached hydrogens (tertiary/aromatic N) is 1. The maximum absolute atomic E-state index is 12.2. The maximum atomic E-state index is 12.2. The fraction of sp³-hybridized carbons (Fsp3) is 0.0500. The van der Waals surface area contributed by atoms with Crippen molar-refractivity contribution < 1.29 is 9.59 Å². The molecule has 0 aliphatic heterocycles. The van der Waals surface area contributed by atoms with Crippen LogP contribution in [0.3, 0.4) is 0 Å². The second-order valence-corrected chi connectivity index (χ2v) is 5.64. The summed E-state index contributed by atoms with van der Waals surface area (Å²) in [6.07, 6.45) is 0. The van der Waals surface area contributed by atoms with Gasteiger partial charge in [0.1, 0.15) is 5.82 Å². The first-order chi connectivity index (χ1) is 12.6. The summed E-state index contributed by atoms with van der Waals surface area (Å²) in [4.78, 5) is 28.5. The van der Waals surface area contributed by atoms with Gasteiger partial charge in [0.2, 0.25) is 0 Å². The Morgan fingerprint density at radius 3 is 2.04 bits per heavy atom. The molecule has 3 rings (SSSR count). The van der Waals surface area contributed by atoms with Crippen LogP contribution in [0, 0.1) is 6.92 Å². The number of aryl methyl sites for hydroxylation is 1. The van der Waals surface area contributed by atoms with Crippen LogP contribution < -0.4 is 16.0 Å². The van der Waals surface area contributed by atoms with Gasteiger partial charge in [-0.2, -0.15) is 0 Å². The Hall–Kier alpha value is -3.67. The number of rotatable bonds is 4. The van der Waals surface area contributed by atoms with E-state index in [0.29, 0.717) is 22.8 Å². The van der Waals surface area contributed by atoms with Crippen molar-refractivity contribution in [3.8, 4) is 0 Å². The lowest BCUT2D eigenvalue weighted by atomic mass is 10.2. The molecular weight excluding hydrogens is 328 g/mol. The predicted octanol–water partition coefficient (Wildman–Crippen LogP) is 4.29. The van der Waals surface area contributed by atoms with Crippen LogP contribution in [-0.2, 0) is 0 Å². The zero-order valence-corrected chi connectivity index (χ0v) is 14.2. The van der Waals surface area contributed by atoms with E-state index >= 15 is 0 Å². The van der Waals surface area contributed by atoms with E-state index in [1.54, 1.807) is 42.5 Å². The van der Waals surface area contributed by atoms with Crippen molar-refractivity contribution in [1.29, 1.82) is 0 Å². The molecule has 6 heteroatoms.